The highest BCUT2D eigenvalue weighted by atomic mass is 14.3. The molecule has 0 aliphatic heterocycles. The summed E-state index contributed by atoms with van der Waals surface area (Å²) in [6.07, 6.45) is 17.9. The van der Waals surface area contributed by atoms with Gasteiger partial charge >= 0.3 is 0 Å². The van der Waals surface area contributed by atoms with E-state index in [0.717, 1.165) is 35.5 Å². The minimum absolute atomic E-state index is 0.935. The molecule has 144 valence electrons. The molecule has 0 saturated heterocycles. The molecule has 0 aromatic heterocycles. The van der Waals surface area contributed by atoms with Crippen LogP contribution < -0.4 is 0 Å². The molecule has 0 N–H and O–H groups in total. The van der Waals surface area contributed by atoms with Gasteiger partial charge in [-0.2, -0.15) is 0 Å². The van der Waals surface area contributed by atoms with Gasteiger partial charge in [0.15, 0.2) is 0 Å². The normalized spacial score (nSPS) is 22.9. The highest BCUT2D eigenvalue weighted by Crippen LogP contribution is 2.32. The minimum atomic E-state index is 0.935. The van der Waals surface area contributed by atoms with Crippen molar-refractivity contribution in [3.63, 3.8) is 0 Å². The van der Waals surface area contributed by atoms with Crippen LogP contribution in [0, 0.1) is 35.5 Å². The van der Waals surface area contributed by atoms with Gasteiger partial charge in [0.1, 0.15) is 0 Å². The molecule has 0 heterocycles. The molecular formula is C24H48. The lowest BCUT2D eigenvalue weighted by molar-refractivity contribution is 0.235. The Kier molecular flexibility index (Phi) is 11.4. The Bertz CT molecular complexity index is 272. The number of hydrogen-bond acceptors (Lipinski definition) is 0. The maximum Gasteiger partial charge on any atom is -0.0391 e. The first-order valence-electron chi connectivity index (χ1n) is 11.4. The van der Waals surface area contributed by atoms with E-state index in [1.165, 1.54) is 77.0 Å². The van der Waals surface area contributed by atoms with E-state index in [0.29, 0.717) is 0 Å². The van der Waals surface area contributed by atoms with Gasteiger partial charge in [0, 0.05) is 0 Å². The Morgan fingerprint density at radius 1 is 0.375 bits per heavy atom. The van der Waals surface area contributed by atoms with Gasteiger partial charge in [-0.25, -0.2) is 0 Å². The van der Waals surface area contributed by atoms with Crippen molar-refractivity contribution in [2.24, 2.45) is 35.5 Å². The van der Waals surface area contributed by atoms with E-state index in [1.807, 2.05) is 0 Å². The predicted molar refractivity (Wildman–Crippen MR) is 110 cm³/mol. The summed E-state index contributed by atoms with van der Waals surface area (Å²) in [4.78, 5) is 0. The fourth-order valence-corrected chi connectivity index (χ4v) is 4.53. The highest BCUT2D eigenvalue weighted by Gasteiger charge is 2.20. The first-order chi connectivity index (χ1) is 11.4. The van der Waals surface area contributed by atoms with Crippen molar-refractivity contribution in [1.82, 2.24) is 0 Å². The van der Waals surface area contributed by atoms with Crippen LogP contribution in [0.4, 0.5) is 0 Å². The van der Waals surface area contributed by atoms with Gasteiger partial charge in [-0.05, 0) is 35.5 Å². The van der Waals surface area contributed by atoms with E-state index < -0.39 is 0 Å². The Morgan fingerprint density at radius 3 is 0.792 bits per heavy atom. The second-order valence-corrected chi connectivity index (χ2v) is 9.87. The van der Waals surface area contributed by atoms with E-state index in [1.54, 1.807) is 0 Å². The zero-order chi connectivity index (χ0) is 17.9. The van der Waals surface area contributed by atoms with Gasteiger partial charge in [-0.1, -0.05) is 119 Å². The van der Waals surface area contributed by atoms with E-state index in [2.05, 4.69) is 41.5 Å². The summed E-state index contributed by atoms with van der Waals surface area (Å²) in [5.74, 6) is 6.03. The Hall–Kier alpha value is 0. The zero-order valence-electron chi connectivity index (χ0n) is 17.9. The third-order valence-corrected chi connectivity index (χ3v) is 7.03. The van der Waals surface area contributed by atoms with Crippen LogP contribution in [0.1, 0.15) is 119 Å². The fourth-order valence-electron chi connectivity index (χ4n) is 4.53. The molecule has 0 unspecified atom stereocenters. The molecular weight excluding hydrogens is 288 g/mol. The molecule has 3 rings (SSSR count). The smallest absolute Gasteiger partial charge is 0.0391 e. The van der Waals surface area contributed by atoms with Gasteiger partial charge in [0.2, 0.25) is 0 Å². The van der Waals surface area contributed by atoms with Crippen LogP contribution in [0.3, 0.4) is 0 Å². The van der Waals surface area contributed by atoms with Gasteiger partial charge in [0.05, 0.1) is 0 Å². The summed E-state index contributed by atoms with van der Waals surface area (Å²) in [7, 11) is 0. The van der Waals surface area contributed by atoms with Crippen molar-refractivity contribution in [2.75, 3.05) is 0 Å². The Balaban J connectivity index is 0.000000181. The molecule has 0 aromatic rings. The summed E-state index contributed by atoms with van der Waals surface area (Å²) in [5.41, 5.74) is 0. The molecule has 3 aliphatic carbocycles. The Morgan fingerprint density at radius 2 is 0.625 bits per heavy atom. The lowest BCUT2D eigenvalue weighted by Gasteiger charge is -2.28. The summed E-state index contributed by atoms with van der Waals surface area (Å²) in [6, 6.07) is 0. The summed E-state index contributed by atoms with van der Waals surface area (Å²) in [5, 5.41) is 0. The second kappa shape index (κ2) is 12.4. The van der Waals surface area contributed by atoms with E-state index in [9.17, 15) is 0 Å². The minimum Gasteiger partial charge on any atom is -0.0625 e. The maximum absolute atomic E-state index is 2.36. The largest absolute Gasteiger partial charge is 0.0625 e. The van der Waals surface area contributed by atoms with Crippen LogP contribution in [0.15, 0.2) is 0 Å². The van der Waals surface area contributed by atoms with E-state index in [-0.39, 0.29) is 0 Å². The number of hydrogen-bond donors (Lipinski definition) is 0. The molecule has 0 atom stereocenters. The molecule has 3 fully saturated rings. The average molecular weight is 337 g/mol. The van der Waals surface area contributed by atoms with E-state index >= 15 is 0 Å². The second-order valence-electron chi connectivity index (χ2n) is 9.87. The van der Waals surface area contributed by atoms with Crippen molar-refractivity contribution >= 4 is 0 Å². The molecule has 0 spiro atoms. The molecule has 24 heavy (non-hydrogen) atoms. The van der Waals surface area contributed by atoms with E-state index in [4.69, 9.17) is 0 Å². The lowest BCUT2D eigenvalue weighted by Crippen LogP contribution is -2.16. The molecule has 0 amide bonds. The SMILES string of the molecule is CC(C)C1CCC1.CC(C)C1CCCC1.CC(C)C1CCCCC1. The topological polar surface area (TPSA) is 0 Å². The predicted octanol–water partition coefficient (Wildman–Crippen LogP) is 8.50. The van der Waals surface area contributed by atoms with Crippen LogP contribution in [0.5, 0.6) is 0 Å². The van der Waals surface area contributed by atoms with Crippen molar-refractivity contribution in [3.8, 4) is 0 Å². The summed E-state index contributed by atoms with van der Waals surface area (Å²) >= 11 is 0. The monoisotopic (exact) mass is 336 g/mol. The average Bonchev–Trinajstić information content (AvgIpc) is 3.01. The summed E-state index contributed by atoms with van der Waals surface area (Å²) in [6.45, 7) is 14.0. The van der Waals surface area contributed by atoms with Crippen molar-refractivity contribution < 1.29 is 0 Å². The van der Waals surface area contributed by atoms with Gasteiger partial charge in [-0.3, -0.25) is 0 Å². The molecule has 0 radical (unpaired) electrons. The third-order valence-electron chi connectivity index (χ3n) is 7.03. The lowest BCUT2D eigenvalue weighted by atomic mass is 9.78. The van der Waals surface area contributed by atoms with Crippen LogP contribution in [-0.4, -0.2) is 0 Å². The highest BCUT2D eigenvalue weighted by molar-refractivity contribution is 4.71. The van der Waals surface area contributed by atoms with Gasteiger partial charge in [-0.15, -0.1) is 0 Å². The molecule has 3 saturated carbocycles. The maximum atomic E-state index is 2.36. The quantitative estimate of drug-likeness (QED) is 0.484. The summed E-state index contributed by atoms with van der Waals surface area (Å²) < 4.78 is 0. The fraction of sp³-hybridized carbons (Fsp3) is 1.00. The van der Waals surface area contributed by atoms with Crippen molar-refractivity contribution in [1.29, 1.82) is 0 Å². The van der Waals surface area contributed by atoms with Crippen molar-refractivity contribution in [2.45, 2.75) is 119 Å². The van der Waals surface area contributed by atoms with Crippen LogP contribution in [0.2, 0.25) is 0 Å². The van der Waals surface area contributed by atoms with Crippen LogP contribution in [-0.2, 0) is 0 Å². The zero-order valence-corrected chi connectivity index (χ0v) is 17.9. The van der Waals surface area contributed by atoms with Gasteiger partial charge < -0.3 is 0 Å². The van der Waals surface area contributed by atoms with Crippen LogP contribution >= 0.6 is 0 Å². The molecule has 0 nitrogen and oxygen atoms in total. The first-order valence-corrected chi connectivity index (χ1v) is 11.4. The van der Waals surface area contributed by atoms with Crippen LogP contribution in [0.25, 0.3) is 0 Å². The van der Waals surface area contributed by atoms with Crippen molar-refractivity contribution in [3.05, 3.63) is 0 Å². The molecule has 0 bridgehead atoms. The molecule has 0 heteroatoms. The Labute approximate surface area is 154 Å². The van der Waals surface area contributed by atoms with Gasteiger partial charge in [0.25, 0.3) is 0 Å². The molecule has 0 aromatic carbocycles. The standard InChI is InChI=1S/C9H18.C8H16.C7H14/c1-8(2)9-6-4-3-5-7-9;1-7(2)8-5-3-4-6-8;1-6(2)7-4-3-5-7/h8-9H,3-7H2,1-2H3;7-8H,3-6H2,1-2H3;6-7H,3-5H2,1-2H3. The first kappa shape index (κ1) is 22.0. The molecule has 3 aliphatic rings. The number of rotatable bonds is 3. The third kappa shape index (κ3) is 8.91.